The second kappa shape index (κ2) is 10.0. The standard InChI is InChI=1S/C24H28ClF3N2O/c1-15-12-16(2)29-20(13-15)5-3-4-17-6-9-19(10-7-17)30-23(31)21-14-18(24(26,27)28)8-11-22(21)25/h8,11-14,17,19H,3-7,9-10H2,1-2H3,(H,30,31). The lowest BCUT2D eigenvalue weighted by Crippen LogP contribution is -2.37. The van der Waals surface area contributed by atoms with E-state index < -0.39 is 17.6 Å². The molecular formula is C24H28ClF3N2O. The van der Waals surface area contributed by atoms with Crippen LogP contribution in [0.5, 0.6) is 0 Å². The van der Waals surface area contributed by atoms with Gasteiger partial charge in [-0.15, -0.1) is 0 Å². The maximum atomic E-state index is 12.9. The highest BCUT2D eigenvalue weighted by molar-refractivity contribution is 6.33. The van der Waals surface area contributed by atoms with Crippen molar-refractivity contribution in [3.8, 4) is 0 Å². The number of nitrogens with one attached hydrogen (secondary N) is 1. The van der Waals surface area contributed by atoms with Crippen LogP contribution in [0.1, 0.15) is 71.4 Å². The highest BCUT2D eigenvalue weighted by Crippen LogP contribution is 2.32. The van der Waals surface area contributed by atoms with Crippen molar-refractivity contribution >= 4 is 17.5 Å². The van der Waals surface area contributed by atoms with Gasteiger partial charge < -0.3 is 5.32 Å². The topological polar surface area (TPSA) is 42.0 Å². The van der Waals surface area contributed by atoms with Crippen LogP contribution in [0, 0.1) is 19.8 Å². The van der Waals surface area contributed by atoms with E-state index in [4.69, 9.17) is 11.6 Å². The van der Waals surface area contributed by atoms with Crippen LogP contribution in [0.15, 0.2) is 30.3 Å². The first kappa shape index (κ1) is 23.6. The van der Waals surface area contributed by atoms with Crippen molar-refractivity contribution < 1.29 is 18.0 Å². The van der Waals surface area contributed by atoms with Crippen LogP contribution < -0.4 is 5.32 Å². The van der Waals surface area contributed by atoms with E-state index in [1.807, 2.05) is 6.92 Å². The van der Waals surface area contributed by atoms with Crippen LogP contribution in [0.2, 0.25) is 5.02 Å². The normalized spacial score (nSPS) is 19.3. The van der Waals surface area contributed by atoms with E-state index >= 15 is 0 Å². The molecule has 0 atom stereocenters. The van der Waals surface area contributed by atoms with Gasteiger partial charge >= 0.3 is 6.18 Å². The number of hydrogen-bond acceptors (Lipinski definition) is 2. The Labute approximate surface area is 186 Å². The van der Waals surface area contributed by atoms with Crippen LogP contribution in [-0.4, -0.2) is 16.9 Å². The lowest BCUT2D eigenvalue weighted by Gasteiger charge is -2.29. The van der Waals surface area contributed by atoms with Crippen molar-refractivity contribution in [3.63, 3.8) is 0 Å². The number of alkyl halides is 3. The molecule has 1 aromatic heterocycles. The molecule has 2 aromatic rings. The zero-order valence-corrected chi connectivity index (χ0v) is 18.6. The van der Waals surface area contributed by atoms with Gasteiger partial charge in [-0.2, -0.15) is 13.2 Å². The molecule has 168 valence electrons. The minimum Gasteiger partial charge on any atom is -0.349 e. The van der Waals surface area contributed by atoms with Crippen LogP contribution in [-0.2, 0) is 12.6 Å². The van der Waals surface area contributed by atoms with Gasteiger partial charge in [0.2, 0.25) is 0 Å². The van der Waals surface area contributed by atoms with Gasteiger partial charge in [-0.3, -0.25) is 9.78 Å². The Hall–Kier alpha value is -2.08. The van der Waals surface area contributed by atoms with E-state index in [0.717, 1.165) is 74.5 Å². The van der Waals surface area contributed by atoms with E-state index in [0.29, 0.717) is 5.92 Å². The molecule has 1 amide bonds. The lowest BCUT2D eigenvalue weighted by molar-refractivity contribution is -0.137. The molecule has 1 fully saturated rings. The molecule has 3 nitrogen and oxygen atoms in total. The summed E-state index contributed by atoms with van der Waals surface area (Å²) in [7, 11) is 0. The Morgan fingerprint density at radius 1 is 1.13 bits per heavy atom. The highest BCUT2D eigenvalue weighted by Gasteiger charge is 2.32. The van der Waals surface area contributed by atoms with Crippen LogP contribution in [0.25, 0.3) is 0 Å². The summed E-state index contributed by atoms with van der Waals surface area (Å²) >= 11 is 5.98. The average molecular weight is 453 g/mol. The largest absolute Gasteiger partial charge is 0.416 e. The summed E-state index contributed by atoms with van der Waals surface area (Å²) in [5.41, 5.74) is 2.42. The fourth-order valence-corrected chi connectivity index (χ4v) is 4.56. The summed E-state index contributed by atoms with van der Waals surface area (Å²) in [4.78, 5) is 17.1. The molecule has 3 rings (SSSR count). The van der Waals surface area contributed by atoms with Crippen molar-refractivity contribution in [2.24, 2.45) is 5.92 Å². The average Bonchev–Trinajstić information content (AvgIpc) is 2.68. The smallest absolute Gasteiger partial charge is 0.349 e. The van der Waals surface area contributed by atoms with Gasteiger partial charge in [-0.05, 0) is 94.2 Å². The van der Waals surface area contributed by atoms with E-state index in [1.165, 1.54) is 5.56 Å². The van der Waals surface area contributed by atoms with Crippen molar-refractivity contribution in [2.75, 3.05) is 0 Å². The Morgan fingerprint density at radius 2 is 1.84 bits per heavy atom. The Morgan fingerprint density at radius 3 is 2.48 bits per heavy atom. The molecule has 1 saturated carbocycles. The van der Waals surface area contributed by atoms with E-state index in [9.17, 15) is 18.0 Å². The summed E-state index contributed by atoms with van der Waals surface area (Å²) in [6, 6.07) is 7.02. The predicted octanol–water partition coefficient (Wildman–Crippen LogP) is 6.68. The number of amides is 1. The number of aryl methyl sites for hydroxylation is 3. The third-order valence-electron chi connectivity index (χ3n) is 5.92. The van der Waals surface area contributed by atoms with Crippen LogP contribution in [0.4, 0.5) is 13.2 Å². The van der Waals surface area contributed by atoms with Crippen molar-refractivity contribution in [1.82, 2.24) is 10.3 Å². The van der Waals surface area contributed by atoms with Gasteiger partial charge in [0.05, 0.1) is 16.1 Å². The first-order valence-electron chi connectivity index (χ1n) is 10.7. The van der Waals surface area contributed by atoms with Gasteiger partial charge in [0, 0.05) is 17.4 Å². The van der Waals surface area contributed by atoms with Crippen molar-refractivity contribution in [1.29, 1.82) is 0 Å². The summed E-state index contributed by atoms with van der Waals surface area (Å²) in [6.07, 6.45) is 2.32. The number of pyridine rings is 1. The maximum absolute atomic E-state index is 12.9. The second-order valence-corrected chi connectivity index (χ2v) is 8.96. The number of nitrogens with zero attached hydrogens (tertiary/aromatic N) is 1. The molecule has 0 spiro atoms. The zero-order chi connectivity index (χ0) is 22.6. The van der Waals surface area contributed by atoms with Crippen LogP contribution in [0.3, 0.4) is 0 Å². The molecule has 7 heteroatoms. The molecule has 1 aromatic carbocycles. The number of halogens is 4. The SMILES string of the molecule is Cc1cc(C)nc(CCCC2CCC(NC(=O)c3cc(C(F)(F)F)ccc3Cl)CC2)c1. The molecule has 0 aliphatic heterocycles. The van der Waals surface area contributed by atoms with E-state index in [2.05, 4.69) is 29.4 Å². The molecule has 1 heterocycles. The van der Waals surface area contributed by atoms with Gasteiger partial charge in [0.15, 0.2) is 0 Å². The third-order valence-corrected chi connectivity index (χ3v) is 6.25. The second-order valence-electron chi connectivity index (χ2n) is 8.55. The third kappa shape index (κ3) is 6.70. The molecule has 1 aliphatic carbocycles. The predicted molar refractivity (Wildman–Crippen MR) is 116 cm³/mol. The highest BCUT2D eigenvalue weighted by atomic mass is 35.5. The Bertz CT molecular complexity index is 901. The minimum absolute atomic E-state index is 0.0270. The van der Waals surface area contributed by atoms with Gasteiger partial charge in [-0.25, -0.2) is 0 Å². The number of carbonyl (C=O) groups is 1. The number of carbonyl (C=O) groups excluding carboxylic acids is 1. The van der Waals surface area contributed by atoms with Gasteiger partial charge in [0.25, 0.3) is 5.91 Å². The molecule has 0 saturated heterocycles. The number of aromatic nitrogens is 1. The zero-order valence-electron chi connectivity index (χ0n) is 17.9. The summed E-state index contributed by atoms with van der Waals surface area (Å²) < 4.78 is 38.8. The molecule has 0 radical (unpaired) electrons. The maximum Gasteiger partial charge on any atom is 0.416 e. The molecular weight excluding hydrogens is 425 g/mol. The van der Waals surface area contributed by atoms with Gasteiger partial charge in [-0.1, -0.05) is 18.0 Å². The Kier molecular flexibility index (Phi) is 7.63. The number of benzene rings is 1. The monoisotopic (exact) mass is 452 g/mol. The first-order chi connectivity index (χ1) is 14.6. The molecule has 0 bridgehead atoms. The summed E-state index contributed by atoms with van der Waals surface area (Å²) in [5, 5.41) is 2.90. The van der Waals surface area contributed by atoms with E-state index in [-0.39, 0.29) is 16.6 Å². The van der Waals surface area contributed by atoms with Crippen molar-refractivity contribution in [2.45, 2.75) is 71.0 Å². The van der Waals surface area contributed by atoms with Crippen LogP contribution >= 0.6 is 11.6 Å². The molecule has 1 aliphatic rings. The number of hydrogen-bond donors (Lipinski definition) is 1. The first-order valence-corrected chi connectivity index (χ1v) is 11.1. The summed E-state index contributed by atoms with van der Waals surface area (Å²) in [5.74, 6) is 0.0663. The minimum atomic E-state index is -4.51. The fraction of sp³-hybridized carbons (Fsp3) is 0.500. The van der Waals surface area contributed by atoms with E-state index in [1.54, 1.807) is 0 Å². The molecule has 1 N–H and O–H groups in total. The fourth-order valence-electron chi connectivity index (χ4n) is 4.36. The number of rotatable bonds is 6. The Balaban J connectivity index is 1.46. The summed E-state index contributed by atoms with van der Waals surface area (Å²) in [6.45, 7) is 4.10. The van der Waals surface area contributed by atoms with Crippen molar-refractivity contribution in [3.05, 3.63) is 63.4 Å². The molecule has 0 unspecified atom stereocenters. The lowest BCUT2D eigenvalue weighted by atomic mass is 9.83. The molecule has 31 heavy (non-hydrogen) atoms. The van der Waals surface area contributed by atoms with Gasteiger partial charge in [0.1, 0.15) is 0 Å². The quantitative estimate of drug-likeness (QED) is 0.531.